The molecule has 0 aliphatic carbocycles. The Morgan fingerprint density at radius 1 is 1.44 bits per heavy atom. The number of hydrogen-bond acceptors (Lipinski definition) is 3. The fourth-order valence-electron chi connectivity index (χ4n) is 1.53. The molecular formula is C12H17BrN2O3. The van der Waals surface area contributed by atoms with Gasteiger partial charge in [-0.2, -0.15) is 0 Å². The Hall–Kier alpha value is -1.30. The Morgan fingerprint density at radius 3 is 2.78 bits per heavy atom. The summed E-state index contributed by atoms with van der Waals surface area (Å²) in [6.45, 7) is 5.07. The largest absolute Gasteiger partial charge is 0.466 e. The molecule has 0 saturated carbocycles. The van der Waals surface area contributed by atoms with Crippen LogP contribution in [0.4, 0.5) is 0 Å². The van der Waals surface area contributed by atoms with E-state index in [2.05, 4.69) is 21.2 Å². The summed E-state index contributed by atoms with van der Waals surface area (Å²) in [6.07, 6.45) is 2.04. The lowest BCUT2D eigenvalue weighted by atomic mass is 10.3. The van der Waals surface area contributed by atoms with Gasteiger partial charge < -0.3 is 14.6 Å². The van der Waals surface area contributed by atoms with E-state index in [1.807, 2.05) is 17.7 Å². The molecule has 0 radical (unpaired) electrons. The fourth-order valence-corrected chi connectivity index (χ4v) is 1.99. The van der Waals surface area contributed by atoms with E-state index in [4.69, 9.17) is 4.74 Å². The Bertz CT molecular complexity index is 429. The van der Waals surface area contributed by atoms with E-state index in [0.717, 1.165) is 4.47 Å². The number of carbonyl (C=O) groups is 2. The number of hydrogen-bond donors (Lipinski definition) is 1. The highest BCUT2D eigenvalue weighted by Gasteiger charge is 2.12. The monoisotopic (exact) mass is 316 g/mol. The second kappa shape index (κ2) is 7.20. The molecule has 0 aliphatic heterocycles. The molecule has 100 valence electrons. The topological polar surface area (TPSA) is 60.3 Å². The standard InChI is InChI=1S/C12H17BrN2O3/c1-3-15-8-9(13)7-10(15)12(17)14-6-5-11(16)18-4-2/h7-8H,3-6H2,1-2H3,(H,14,17). The first-order valence-electron chi connectivity index (χ1n) is 5.88. The maximum Gasteiger partial charge on any atom is 0.307 e. The quantitative estimate of drug-likeness (QED) is 0.816. The molecule has 1 aromatic rings. The van der Waals surface area contributed by atoms with Gasteiger partial charge in [-0.05, 0) is 35.8 Å². The smallest absolute Gasteiger partial charge is 0.307 e. The predicted octanol–water partition coefficient (Wildman–Crippen LogP) is 1.95. The van der Waals surface area contributed by atoms with Crippen LogP contribution in [-0.4, -0.2) is 29.6 Å². The molecule has 0 aromatic carbocycles. The summed E-state index contributed by atoms with van der Waals surface area (Å²) in [5, 5.41) is 2.69. The molecule has 1 heterocycles. The van der Waals surface area contributed by atoms with Crippen LogP contribution in [0.2, 0.25) is 0 Å². The van der Waals surface area contributed by atoms with Crippen LogP contribution in [0.1, 0.15) is 30.8 Å². The molecule has 1 aromatic heterocycles. The van der Waals surface area contributed by atoms with Gasteiger partial charge in [0, 0.05) is 23.8 Å². The van der Waals surface area contributed by atoms with Crippen LogP contribution >= 0.6 is 15.9 Å². The maximum absolute atomic E-state index is 11.9. The van der Waals surface area contributed by atoms with Crippen molar-refractivity contribution in [2.45, 2.75) is 26.8 Å². The highest BCUT2D eigenvalue weighted by molar-refractivity contribution is 9.10. The van der Waals surface area contributed by atoms with E-state index in [1.54, 1.807) is 13.0 Å². The summed E-state index contributed by atoms with van der Waals surface area (Å²) in [5.74, 6) is -0.489. The van der Waals surface area contributed by atoms with Crippen molar-refractivity contribution in [1.29, 1.82) is 0 Å². The average Bonchev–Trinajstić information content (AvgIpc) is 2.70. The third-order valence-electron chi connectivity index (χ3n) is 2.36. The molecule has 1 N–H and O–H groups in total. The summed E-state index contributed by atoms with van der Waals surface area (Å²) in [5.41, 5.74) is 0.577. The third kappa shape index (κ3) is 4.18. The molecule has 0 fully saturated rings. The summed E-state index contributed by atoms with van der Waals surface area (Å²) >= 11 is 3.33. The van der Waals surface area contributed by atoms with Gasteiger partial charge in [0.15, 0.2) is 0 Å². The normalized spacial score (nSPS) is 10.2. The molecule has 1 rings (SSSR count). The van der Waals surface area contributed by atoms with Crippen molar-refractivity contribution < 1.29 is 14.3 Å². The summed E-state index contributed by atoms with van der Waals surface area (Å²) in [4.78, 5) is 23.0. The van der Waals surface area contributed by atoms with E-state index >= 15 is 0 Å². The molecule has 18 heavy (non-hydrogen) atoms. The second-order valence-corrected chi connectivity index (χ2v) is 4.56. The van der Waals surface area contributed by atoms with Crippen molar-refractivity contribution in [2.24, 2.45) is 0 Å². The zero-order chi connectivity index (χ0) is 13.5. The van der Waals surface area contributed by atoms with E-state index < -0.39 is 0 Å². The highest BCUT2D eigenvalue weighted by Crippen LogP contribution is 2.14. The first-order valence-corrected chi connectivity index (χ1v) is 6.67. The molecule has 6 heteroatoms. The van der Waals surface area contributed by atoms with Crippen LogP contribution in [0, 0.1) is 0 Å². The van der Waals surface area contributed by atoms with Gasteiger partial charge in [-0.1, -0.05) is 0 Å². The predicted molar refractivity (Wildman–Crippen MR) is 71.4 cm³/mol. The number of nitrogens with zero attached hydrogens (tertiary/aromatic N) is 1. The number of aryl methyl sites for hydroxylation is 1. The Kier molecular flexibility index (Phi) is 5.91. The molecule has 5 nitrogen and oxygen atoms in total. The molecule has 1 amide bonds. The zero-order valence-corrected chi connectivity index (χ0v) is 12.1. The maximum atomic E-state index is 11.9. The fraction of sp³-hybridized carbons (Fsp3) is 0.500. The molecular weight excluding hydrogens is 300 g/mol. The van der Waals surface area contributed by atoms with Crippen LogP contribution in [0.25, 0.3) is 0 Å². The molecule has 0 spiro atoms. The van der Waals surface area contributed by atoms with Crippen LogP contribution in [0.15, 0.2) is 16.7 Å². The lowest BCUT2D eigenvalue weighted by Gasteiger charge is -2.07. The van der Waals surface area contributed by atoms with Gasteiger partial charge in [0.05, 0.1) is 13.0 Å². The van der Waals surface area contributed by atoms with Gasteiger partial charge in [-0.15, -0.1) is 0 Å². The number of amides is 1. The molecule has 0 unspecified atom stereocenters. The number of aromatic nitrogens is 1. The van der Waals surface area contributed by atoms with Crippen molar-refractivity contribution in [3.05, 3.63) is 22.4 Å². The molecule has 0 aliphatic rings. The minimum atomic E-state index is -0.301. The number of nitrogens with one attached hydrogen (secondary N) is 1. The van der Waals surface area contributed by atoms with Gasteiger partial charge in [0.2, 0.25) is 0 Å². The second-order valence-electron chi connectivity index (χ2n) is 3.64. The minimum absolute atomic E-state index is 0.188. The highest BCUT2D eigenvalue weighted by atomic mass is 79.9. The summed E-state index contributed by atoms with van der Waals surface area (Å²) < 4.78 is 7.47. The van der Waals surface area contributed by atoms with E-state index in [-0.39, 0.29) is 24.8 Å². The van der Waals surface area contributed by atoms with Crippen molar-refractivity contribution in [3.63, 3.8) is 0 Å². The Labute approximate surface area is 115 Å². The number of carbonyl (C=O) groups excluding carboxylic acids is 2. The summed E-state index contributed by atoms with van der Waals surface area (Å²) in [7, 11) is 0. The van der Waals surface area contributed by atoms with Crippen LogP contribution in [0.5, 0.6) is 0 Å². The van der Waals surface area contributed by atoms with Crippen LogP contribution < -0.4 is 5.32 Å². The first-order chi connectivity index (χ1) is 8.58. The molecule has 0 bridgehead atoms. The van der Waals surface area contributed by atoms with E-state index in [9.17, 15) is 9.59 Å². The van der Waals surface area contributed by atoms with Crippen molar-refractivity contribution in [2.75, 3.05) is 13.2 Å². The summed E-state index contributed by atoms with van der Waals surface area (Å²) in [6, 6.07) is 1.75. The van der Waals surface area contributed by atoms with Crippen LogP contribution in [-0.2, 0) is 16.1 Å². The van der Waals surface area contributed by atoms with Crippen molar-refractivity contribution in [1.82, 2.24) is 9.88 Å². The minimum Gasteiger partial charge on any atom is -0.466 e. The average molecular weight is 317 g/mol. The van der Waals surface area contributed by atoms with Crippen molar-refractivity contribution in [3.8, 4) is 0 Å². The lowest BCUT2D eigenvalue weighted by Crippen LogP contribution is -2.28. The number of esters is 1. The van der Waals surface area contributed by atoms with Gasteiger partial charge >= 0.3 is 5.97 Å². The van der Waals surface area contributed by atoms with E-state index in [1.165, 1.54) is 0 Å². The number of rotatable bonds is 6. The zero-order valence-electron chi connectivity index (χ0n) is 10.5. The third-order valence-corrected chi connectivity index (χ3v) is 2.79. The molecule has 0 saturated heterocycles. The SMILES string of the molecule is CCOC(=O)CCNC(=O)c1cc(Br)cn1CC. The Morgan fingerprint density at radius 2 is 2.17 bits per heavy atom. The lowest BCUT2D eigenvalue weighted by molar-refractivity contribution is -0.142. The van der Waals surface area contributed by atoms with Gasteiger partial charge in [0.25, 0.3) is 5.91 Å². The molecule has 0 atom stereocenters. The first kappa shape index (κ1) is 14.8. The van der Waals surface area contributed by atoms with E-state index in [0.29, 0.717) is 18.8 Å². The van der Waals surface area contributed by atoms with Gasteiger partial charge in [-0.25, -0.2) is 0 Å². The van der Waals surface area contributed by atoms with Crippen LogP contribution in [0.3, 0.4) is 0 Å². The number of ether oxygens (including phenoxy) is 1. The van der Waals surface area contributed by atoms with Gasteiger partial charge in [-0.3, -0.25) is 9.59 Å². The van der Waals surface area contributed by atoms with Crippen molar-refractivity contribution >= 4 is 27.8 Å². The van der Waals surface area contributed by atoms with Gasteiger partial charge in [0.1, 0.15) is 5.69 Å². The Balaban J connectivity index is 2.47. The number of halogens is 1.